The lowest BCUT2D eigenvalue weighted by Crippen LogP contribution is -2.38. The third-order valence-corrected chi connectivity index (χ3v) is 9.76. The van der Waals surface area contributed by atoms with Crippen molar-refractivity contribution >= 4 is 68.8 Å². The number of carbonyl (C=O) groups is 2. The van der Waals surface area contributed by atoms with Gasteiger partial charge in [-0.3, -0.25) is 14.5 Å². The molecule has 0 bridgehead atoms. The maximum atomic E-state index is 13.3. The van der Waals surface area contributed by atoms with E-state index in [4.69, 9.17) is 28.9 Å². The molecule has 2 aromatic carbocycles. The van der Waals surface area contributed by atoms with Crippen LogP contribution in [0.1, 0.15) is 41.9 Å². The van der Waals surface area contributed by atoms with Crippen LogP contribution in [-0.2, 0) is 9.59 Å². The molecule has 0 spiro atoms. The lowest BCUT2D eigenvalue weighted by atomic mass is 9.76. The van der Waals surface area contributed by atoms with Crippen LogP contribution in [0, 0.1) is 25.2 Å². The maximum Gasteiger partial charge on any atom is 0.234 e. The van der Waals surface area contributed by atoms with Gasteiger partial charge in [0.1, 0.15) is 5.82 Å². The number of nitrogens with two attached hydrogens (primary N) is 1. The van der Waals surface area contributed by atoms with Gasteiger partial charge in [-0.2, -0.15) is 5.26 Å². The molecule has 8 nitrogen and oxygen atoms in total. The second kappa shape index (κ2) is 11.6. The van der Waals surface area contributed by atoms with E-state index in [1.807, 2.05) is 32.0 Å². The van der Waals surface area contributed by atoms with Crippen molar-refractivity contribution in [3.05, 3.63) is 85.8 Å². The summed E-state index contributed by atoms with van der Waals surface area (Å²) >= 11 is 14.9. The maximum absolute atomic E-state index is 13.3. The van der Waals surface area contributed by atoms with Crippen molar-refractivity contribution in [1.82, 2.24) is 10.2 Å². The van der Waals surface area contributed by atoms with Crippen LogP contribution in [0.2, 0.25) is 10.0 Å². The van der Waals surface area contributed by atoms with Gasteiger partial charge < -0.3 is 11.1 Å². The minimum atomic E-state index is -0.658. The average molecular weight is 612 g/mol. The summed E-state index contributed by atoms with van der Waals surface area (Å²) in [5.41, 5.74) is 11.6. The highest BCUT2D eigenvalue weighted by Crippen LogP contribution is 2.47. The minimum Gasteiger partial charge on any atom is -0.384 e. The number of hydrogen-bond donors (Lipinski definition) is 2. The van der Waals surface area contributed by atoms with Crippen LogP contribution in [0.4, 0.5) is 10.8 Å². The molecule has 1 aliphatic carbocycles. The molecule has 0 fully saturated rings. The van der Waals surface area contributed by atoms with Gasteiger partial charge in [0.2, 0.25) is 11.0 Å². The number of allylic oxidation sites excluding steroid dienone is 3. The lowest BCUT2D eigenvalue weighted by molar-refractivity contribution is -0.116. The molecule has 2 heterocycles. The van der Waals surface area contributed by atoms with E-state index in [1.54, 1.807) is 23.1 Å². The van der Waals surface area contributed by atoms with E-state index in [1.165, 1.54) is 23.1 Å². The summed E-state index contributed by atoms with van der Waals surface area (Å²) in [5.74, 6) is -0.540. The van der Waals surface area contributed by atoms with Crippen molar-refractivity contribution in [3.8, 4) is 6.07 Å². The summed E-state index contributed by atoms with van der Waals surface area (Å²) in [4.78, 5) is 27.6. The van der Waals surface area contributed by atoms with E-state index in [2.05, 4.69) is 21.6 Å². The Kier molecular flexibility index (Phi) is 8.19. The Morgan fingerprint density at radius 3 is 2.77 bits per heavy atom. The van der Waals surface area contributed by atoms with Crippen LogP contribution in [0.15, 0.2) is 63.4 Å². The number of amides is 1. The Bertz CT molecular complexity index is 1640. The molecule has 204 valence electrons. The molecule has 1 aromatic heterocycles. The zero-order valence-corrected chi connectivity index (χ0v) is 24.8. The SMILES string of the molecule is Cc1cccc(NC(=O)CSc2nnc(N3C(N)=C(C#N)C(c4ccc(Cl)c(Cl)c4)C4=C3CCCC4=O)s2)c1C. The Morgan fingerprint density at radius 1 is 1.23 bits per heavy atom. The zero-order valence-electron chi connectivity index (χ0n) is 21.6. The second-order valence-electron chi connectivity index (χ2n) is 9.42. The summed E-state index contributed by atoms with van der Waals surface area (Å²) in [6.45, 7) is 3.96. The largest absolute Gasteiger partial charge is 0.384 e. The van der Waals surface area contributed by atoms with Gasteiger partial charge in [0.05, 0.1) is 33.4 Å². The summed E-state index contributed by atoms with van der Waals surface area (Å²) in [6, 6.07) is 13.1. The Hall–Kier alpha value is -3.36. The van der Waals surface area contributed by atoms with Crippen molar-refractivity contribution in [2.75, 3.05) is 16.0 Å². The molecule has 3 aromatic rings. The summed E-state index contributed by atoms with van der Waals surface area (Å²) < 4.78 is 0.563. The highest BCUT2D eigenvalue weighted by molar-refractivity contribution is 8.01. The Labute approximate surface area is 249 Å². The number of hydrogen-bond acceptors (Lipinski definition) is 9. The van der Waals surface area contributed by atoms with Crippen LogP contribution >= 0.6 is 46.3 Å². The topological polar surface area (TPSA) is 125 Å². The fourth-order valence-electron chi connectivity index (χ4n) is 4.88. The molecule has 1 atom stereocenters. The summed E-state index contributed by atoms with van der Waals surface area (Å²) in [6.07, 6.45) is 1.60. The van der Waals surface area contributed by atoms with Crippen molar-refractivity contribution < 1.29 is 9.59 Å². The van der Waals surface area contributed by atoms with Gasteiger partial charge in [0.15, 0.2) is 10.1 Å². The Morgan fingerprint density at radius 2 is 2.02 bits per heavy atom. The van der Waals surface area contributed by atoms with E-state index < -0.39 is 5.92 Å². The first-order valence-electron chi connectivity index (χ1n) is 12.4. The fraction of sp³-hybridized carbons (Fsp3) is 0.250. The molecular weight excluding hydrogens is 587 g/mol. The van der Waals surface area contributed by atoms with E-state index in [0.717, 1.165) is 16.8 Å². The van der Waals surface area contributed by atoms with Crippen LogP contribution in [0.3, 0.4) is 0 Å². The van der Waals surface area contributed by atoms with E-state index in [9.17, 15) is 14.9 Å². The smallest absolute Gasteiger partial charge is 0.234 e. The molecular formula is C28H24Cl2N6O2S2. The highest BCUT2D eigenvalue weighted by atomic mass is 35.5. The van der Waals surface area contributed by atoms with E-state index >= 15 is 0 Å². The van der Waals surface area contributed by atoms with Crippen LogP contribution in [-0.4, -0.2) is 27.6 Å². The van der Waals surface area contributed by atoms with Gasteiger partial charge in [-0.05, 0) is 61.6 Å². The first kappa shape index (κ1) is 28.2. The molecule has 1 amide bonds. The van der Waals surface area contributed by atoms with Gasteiger partial charge >= 0.3 is 0 Å². The third-order valence-electron chi connectivity index (χ3n) is 6.98. The van der Waals surface area contributed by atoms with E-state index in [0.29, 0.717) is 55.6 Å². The van der Waals surface area contributed by atoms with Gasteiger partial charge in [0.25, 0.3) is 0 Å². The molecule has 0 radical (unpaired) electrons. The number of thioether (sulfide) groups is 1. The predicted molar refractivity (Wildman–Crippen MR) is 160 cm³/mol. The number of nitriles is 1. The minimum absolute atomic E-state index is 0.0511. The molecule has 3 N–H and O–H groups in total. The predicted octanol–water partition coefficient (Wildman–Crippen LogP) is 6.50. The number of anilines is 2. The monoisotopic (exact) mass is 610 g/mol. The molecule has 12 heteroatoms. The van der Waals surface area contributed by atoms with Crippen molar-refractivity contribution in [3.63, 3.8) is 0 Å². The van der Waals surface area contributed by atoms with Crippen LogP contribution in [0.25, 0.3) is 0 Å². The normalized spacial score (nSPS) is 17.1. The van der Waals surface area contributed by atoms with Gasteiger partial charge in [0, 0.05) is 23.4 Å². The van der Waals surface area contributed by atoms with Crippen molar-refractivity contribution in [1.29, 1.82) is 5.26 Å². The number of benzene rings is 2. The first-order valence-corrected chi connectivity index (χ1v) is 15.0. The number of carbonyl (C=O) groups excluding carboxylic acids is 2. The number of halogens is 2. The first-order chi connectivity index (χ1) is 19.2. The molecule has 2 aliphatic rings. The molecule has 0 saturated carbocycles. The van der Waals surface area contributed by atoms with Crippen molar-refractivity contribution in [2.45, 2.75) is 43.4 Å². The van der Waals surface area contributed by atoms with Gasteiger partial charge in [-0.15, -0.1) is 10.2 Å². The molecule has 1 unspecified atom stereocenters. The molecule has 0 saturated heterocycles. The fourth-order valence-corrected chi connectivity index (χ4v) is 6.87. The lowest BCUT2D eigenvalue weighted by Gasteiger charge is -2.38. The van der Waals surface area contributed by atoms with Gasteiger partial charge in [-0.25, -0.2) is 0 Å². The Balaban J connectivity index is 1.43. The van der Waals surface area contributed by atoms with Crippen LogP contribution < -0.4 is 16.0 Å². The molecule has 1 aliphatic heterocycles. The number of aryl methyl sites for hydroxylation is 1. The number of nitrogens with one attached hydrogen (secondary N) is 1. The number of nitrogens with zero attached hydrogens (tertiary/aromatic N) is 4. The van der Waals surface area contributed by atoms with Gasteiger partial charge in [-0.1, -0.05) is 64.5 Å². The number of ketones is 1. The standard InChI is InChI=1S/C28H24Cl2N6O2S2/c1-14-5-3-6-20(15(14)2)33-23(38)13-39-28-35-34-27(40-28)36-21-7-4-8-22(37)25(21)24(17(12-31)26(36)32)16-9-10-18(29)19(30)11-16/h3,5-6,9-11,24H,4,7-8,13,32H2,1-2H3,(H,33,38). The average Bonchev–Trinajstić information content (AvgIpc) is 3.39. The molecule has 40 heavy (non-hydrogen) atoms. The highest BCUT2D eigenvalue weighted by Gasteiger charge is 2.41. The third kappa shape index (κ3) is 5.34. The quantitative estimate of drug-likeness (QED) is 0.303. The number of rotatable bonds is 6. The molecule has 5 rings (SSSR count). The van der Waals surface area contributed by atoms with E-state index in [-0.39, 0.29) is 28.8 Å². The van der Waals surface area contributed by atoms with Crippen molar-refractivity contribution in [2.24, 2.45) is 5.73 Å². The van der Waals surface area contributed by atoms with Crippen LogP contribution in [0.5, 0.6) is 0 Å². The number of aromatic nitrogens is 2. The summed E-state index contributed by atoms with van der Waals surface area (Å²) in [7, 11) is 0. The summed E-state index contributed by atoms with van der Waals surface area (Å²) in [5, 5.41) is 22.8. The second-order valence-corrected chi connectivity index (χ2v) is 12.4. The zero-order chi connectivity index (χ0) is 28.6. The number of Topliss-reactive ketones (excluding diaryl/α,β-unsaturated/α-hetero) is 1.